The van der Waals surface area contributed by atoms with Crippen molar-refractivity contribution in [2.45, 2.75) is 53.6 Å². The standard InChI is InChI=1S/C13H26N4O/c1-6-10(4)11(5)15-13-17-16-12(18-13)8-14-7-9(2)3/h9-11,14H,6-8H2,1-5H3,(H,15,17). The Balaban J connectivity index is 2.38. The predicted molar refractivity (Wildman–Crippen MR) is 73.4 cm³/mol. The van der Waals surface area contributed by atoms with Crippen molar-refractivity contribution in [3.63, 3.8) is 0 Å². The van der Waals surface area contributed by atoms with Crippen LogP contribution in [0.5, 0.6) is 0 Å². The van der Waals surface area contributed by atoms with Gasteiger partial charge in [-0.05, 0) is 25.3 Å². The van der Waals surface area contributed by atoms with Gasteiger partial charge in [0.1, 0.15) is 0 Å². The van der Waals surface area contributed by atoms with E-state index in [0.29, 0.717) is 36.3 Å². The normalized spacial score (nSPS) is 14.8. The van der Waals surface area contributed by atoms with E-state index in [0.717, 1.165) is 13.0 Å². The van der Waals surface area contributed by atoms with Crippen LogP contribution in [0.1, 0.15) is 46.9 Å². The zero-order valence-electron chi connectivity index (χ0n) is 12.2. The smallest absolute Gasteiger partial charge is 0.315 e. The Labute approximate surface area is 110 Å². The molecule has 5 nitrogen and oxygen atoms in total. The number of nitrogens with one attached hydrogen (secondary N) is 2. The Morgan fingerprint density at radius 3 is 2.50 bits per heavy atom. The average Bonchev–Trinajstić information content (AvgIpc) is 2.75. The highest BCUT2D eigenvalue weighted by Crippen LogP contribution is 2.13. The largest absolute Gasteiger partial charge is 0.407 e. The third kappa shape index (κ3) is 5.04. The molecule has 1 rings (SSSR count). The summed E-state index contributed by atoms with van der Waals surface area (Å²) in [6.45, 7) is 12.4. The lowest BCUT2D eigenvalue weighted by atomic mass is 10.0. The first-order valence-corrected chi connectivity index (χ1v) is 6.82. The number of hydrogen-bond acceptors (Lipinski definition) is 5. The van der Waals surface area contributed by atoms with Crippen LogP contribution in [0, 0.1) is 11.8 Å². The van der Waals surface area contributed by atoms with E-state index >= 15 is 0 Å². The topological polar surface area (TPSA) is 63.0 Å². The molecule has 5 heteroatoms. The molecule has 0 aliphatic heterocycles. The molecule has 1 aromatic rings. The van der Waals surface area contributed by atoms with Gasteiger partial charge in [-0.2, -0.15) is 0 Å². The Bertz CT molecular complexity index is 337. The quantitative estimate of drug-likeness (QED) is 0.746. The van der Waals surface area contributed by atoms with Gasteiger partial charge in [0.15, 0.2) is 0 Å². The SMILES string of the molecule is CCC(C)C(C)Nc1nnc(CNCC(C)C)o1. The molecule has 0 aliphatic rings. The van der Waals surface area contributed by atoms with Crippen molar-refractivity contribution in [1.82, 2.24) is 15.5 Å². The predicted octanol–water partition coefficient (Wildman–Crippen LogP) is 2.66. The van der Waals surface area contributed by atoms with Crippen LogP contribution in [0.25, 0.3) is 0 Å². The number of hydrogen-bond donors (Lipinski definition) is 2. The summed E-state index contributed by atoms with van der Waals surface area (Å²) in [4.78, 5) is 0. The van der Waals surface area contributed by atoms with Crippen LogP contribution >= 0.6 is 0 Å². The highest BCUT2D eigenvalue weighted by atomic mass is 16.4. The van der Waals surface area contributed by atoms with Crippen LogP contribution in [0.3, 0.4) is 0 Å². The molecule has 0 aromatic carbocycles. The molecule has 0 saturated heterocycles. The van der Waals surface area contributed by atoms with Gasteiger partial charge < -0.3 is 15.1 Å². The third-order valence-electron chi connectivity index (χ3n) is 3.14. The van der Waals surface area contributed by atoms with Crippen molar-refractivity contribution in [1.29, 1.82) is 0 Å². The van der Waals surface area contributed by atoms with Crippen LogP contribution in [0.4, 0.5) is 6.01 Å². The van der Waals surface area contributed by atoms with E-state index in [1.807, 2.05) is 0 Å². The Kier molecular flexibility index (Phi) is 6.12. The van der Waals surface area contributed by atoms with Gasteiger partial charge in [-0.15, -0.1) is 5.10 Å². The van der Waals surface area contributed by atoms with Crippen molar-refractivity contribution in [3.05, 3.63) is 5.89 Å². The first kappa shape index (κ1) is 15.0. The van der Waals surface area contributed by atoms with Gasteiger partial charge in [0.05, 0.1) is 6.54 Å². The first-order valence-electron chi connectivity index (χ1n) is 6.82. The molecule has 0 amide bonds. The van der Waals surface area contributed by atoms with Gasteiger partial charge >= 0.3 is 6.01 Å². The molecule has 0 aliphatic carbocycles. The molecular formula is C13H26N4O. The molecule has 18 heavy (non-hydrogen) atoms. The first-order chi connectivity index (χ1) is 8.52. The van der Waals surface area contributed by atoms with Gasteiger partial charge in [0.25, 0.3) is 0 Å². The zero-order valence-corrected chi connectivity index (χ0v) is 12.2. The fraction of sp³-hybridized carbons (Fsp3) is 0.846. The fourth-order valence-corrected chi connectivity index (χ4v) is 1.54. The second-order valence-corrected chi connectivity index (χ2v) is 5.34. The lowest BCUT2D eigenvalue weighted by molar-refractivity contribution is 0.441. The van der Waals surface area contributed by atoms with Crippen LogP contribution in [-0.4, -0.2) is 22.8 Å². The van der Waals surface area contributed by atoms with Crippen molar-refractivity contribution >= 4 is 6.01 Å². The van der Waals surface area contributed by atoms with Gasteiger partial charge in [0.2, 0.25) is 5.89 Å². The monoisotopic (exact) mass is 254 g/mol. The maximum absolute atomic E-state index is 5.53. The molecule has 0 saturated carbocycles. The van der Waals surface area contributed by atoms with Crippen molar-refractivity contribution in [3.8, 4) is 0 Å². The highest BCUT2D eigenvalue weighted by molar-refractivity contribution is 5.19. The van der Waals surface area contributed by atoms with E-state index in [2.05, 4.69) is 55.4 Å². The van der Waals surface area contributed by atoms with Crippen LogP contribution < -0.4 is 10.6 Å². The summed E-state index contributed by atoms with van der Waals surface area (Å²) >= 11 is 0. The van der Waals surface area contributed by atoms with Gasteiger partial charge in [-0.3, -0.25) is 0 Å². The Morgan fingerprint density at radius 1 is 1.17 bits per heavy atom. The summed E-state index contributed by atoms with van der Waals surface area (Å²) < 4.78 is 5.53. The molecule has 1 heterocycles. The maximum atomic E-state index is 5.53. The number of anilines is 1. The average molecular weight is 254 g/mol. The van der Waals surface area contributed by atoms with E-state index in [4.69, 9.17) is 4.42 Å². The molecule has 1 aromatic heterocycles. The summed E-state index contributed by atoms with van der Waals surface area (Å²) in [6.07, 6.45) is 1.13. The van der Waals surface area contributed by atoms with Crippen LogP contribution in [0.2, 0.25) is 0 Å². The van der Waals surface area contributed by atoms with E-state index in [1.165, 1.54) is 0 Å². The van der Waals surface area contributed by atoms with Gasteiger partial charge in [-0.1, -0.05) is 39.2 Å². The molecule has 0 fully saturated rings. The van der Waals surface area contributed by atoms with E-state index < -0.39 is 0 Å². The Hall–Kier alpha value is -1.10. The summed E-state index contributed by atoms with van der Waals surface area (Å²) in [5.74, 6) is 1.84. The van der Waals surface area contributed by atoms with Crippen molar-refractivity contribution in [2.75, 3.05) is 11.9 Å². The molecule has 2 N–H and O–H groups in total. The molecule has 0 bridgehead atoms. The number of nitrogens with zero attached hydrogens (tertiary/aromatic N) is 2. The molecule has 0 radical (unpaired) electrons. The van der Waals surface area contributed by atoms with E-state index in [-0.39, 0.29) is 0 Å². The molecule has 0 spiro atoms. The van der Waals surface area contributed by atoms with Gasteiger partial charge in [0, 0.05) is 6.04 Å². The maximum Gasteiger partial charge on any atom is 0.315 e. The highest BCUT2D eigenvalue weighted by Gasteiger charge is 2.13. The second-order valence-electron chi connectivity index (χ2n) is 5.34. The minimum absolute atomic E-state index is 0.340. The van der Waals surface area contributed by atoms with Crippen LogP contribution in [0.15, 0.2) is 4.42 Å². The fourth-order valence-electron chi connectivity index (χ4n) is 1.54. The number of aromatic nitrogens is 2. The molecule has 104 valence electrons. The van der Waals surface area contributed by atoms with Crippen LogP contribution in [-0.2, 0) is 6.54 Å². The molecular weight excluding hydrogens is 228 g/mol. The second kappa shape index (κ2) is 7.36. The lowest BCUT2D eigenvalue weighted by Crippen LogP contribution is -2.23. The minimum Gasteiger partial charge on any atom is -0.407 e. The summed E-state index contributed by atoms with van der Waals surface area (Å²) in [5.41, 5.74) is 0. The zero-order chi connectivity index (χ0) is 13.5. The third-order valence-corrected chi connectivity index (χ3v) is 3.14. The molecule has 2 atom stereocenters. The van der Waals surface area contributed by atoms with E-state index in [1.54, 1.807) is 0 Å². The summed E-state index contributed by atoms with van der Waals surface area (Å²) in [5, 5.41) is 14.5. The van der Waals surface area contributed by atoms with Crippen molar-refractivity contribution < 1.29 is 4.42 Å². The lowest BCUT2D eigenvalue weighted by Gasteiger charge is -2.17. The minimum atomic E-state index is 0.340. The van der Waals surface area contributed by atoms with Gasteiger partial charge in [-0.25, -0.2) is 0 Å². The Morgan fingerprint density at radius 2 is 1.89 bits per heavy atom. The summed E-state index contributed by atoms with van der Waals surface area (Å²) in [7, 11) is 0. The number of rotatable bonds is 8. The molecule has 2 unspecified atom stereocenters. The van der Waals surface area contributed by atoms with E-state index in [9.17, 15) is 0 Å². The van der Waals surface area contributed by atoms with Crippen molar-refractivity contribution in [2.24, 2.45) is 11.8 Å². The summed E-state index contributed by atoms with van der Waals surface area (Å²) in [6, 6.07) is 0.857.